The number of nitrogens with zero attached hydrogens (tertiary/aromatic N) is 3. The third-order valence-corrected chi connectivity index (χ3v) is 26.4. The maximum absolute atomic E-state index is 13.7. The first-order valence-corrected chi connectivity index (χ1v) is 31.8. The smallest absolute Gasteiger partial charge is 0.334 e. The summed E-state index contributed by atoms with van der Waals surface area (Å²) in [5.74, 6) is 0. The van der Waals surface area contributed by atoms with Crippen molar-refractivity contribution >= 4 is 25.6 Å². The summed E-state index contributed by atoms with van der Waals surface area (Å²) in [6, 6.07) is 34.5. The number of aromatic amines is 1. The second-order valence-electron chi connectivity index (χ2n) is 21.0. The SMILES string of the molecule is CC(C)N(C(C)C)P(OCCC#N)O[C@H]1[C@@H](OC2CCCCO2)[C@H](n2ccc(=O)[nH]c2=O)O[C@@H]1CO[Si](O[Si](OCCOC(c1ccccc1)(c1ccccc1)c1ccccc1)(C(C)C)C(C)C)(C(C)C)C(C)C. The molecule has 3 aromatic carbocycles. The van der Waals surface area contributed by atoms with Gasteiger partial charge in [0, 0.05) is 31.0 Å². The lowest BCUT2D eigenvalue weighted by Crippen LogP contribution is -2.62. The summed E-state index contributed by atoms with van der Waals surface area (Å²) < 4.78 is 67.1. The van der Waals surface area contributed by atoms with Gasteiger partial charge in [-0.15, -0.1) is 0 Å². The molecule has 2 aliphatic heterocycles. The molecule has 4 aromatic rings. The van der Waals surface area contributed by atoms with E-state index in [-0.39, 0.29) is 67.1 Å². The van der Waals surface area contributed by atoms with Crippen LogP contribution in [0.5, 0.6) is 0 Å². The van der Waals surface area contributed by atoms with Crippen molar-refractivity contribution in [1.29, 1.82) is 5.26 Å². The highest BCUT2D eigenvalue weighted by molar-refractivity contribution is 7.44. The lowest BCUT2D eigenvalue weighted by molar-refractivity contribution is -0.214. The van der Waals surface area contributed by atoms with E-state index in [1.165, 1.54) is 16.8 Å². The predicted molar refractivity (Wildman–Crippen MR) is 294 cm³/mol. The predicted octanol–water partition coefficient (Wildman–Crippen LogP) is 11.6. The molecule has 1 N–H and O–H groups in total. The number of hydrogen-bond acceptors (Lipinski definition) is 13. The van der Waals surface area contributed by atoms with Gasteiger partial charge in [0.05, 0.1) is 38.9 Å². The maximum atomic E-state index is 13.7. The second kappa shape index (κ2) is 27.6. The van der Waals surface area contributed by atoms with Crippen LogP contribution in [0.1, 0.15) is 132 Å². The van der Waals surface area contributed by atoms with Crippen LogP contribution >= 0.6 is 8.53 Å². The highest BCUT2D eigenvalue weighted by atomic mass is 31.2. The third-order valence-electron chi connectivity index (χ3n) is 14.0. The summed E-state index contributed by atoms with van der Waals surface area (Å²) >= 11 is 0. The van der Waals surface area contributed by atoms with Crippen LogP contribution in [0.4, 0.5) is 0 Å². The van der Waals surface area contributed by atoms with Crippen LogP contribution in [0.25, 0.3) is 0 Å². The van der Waals surface area contributed by atoms with Crippen LogP contribution < -0.4 is 11.2 Å². The van der Waals surface area contributed by atoms with Gasteiger partial charge in [-0.2, -0.15) is 5.26 Å². The van der Waals surface area contributed by atoms with Gasteiger partial charge in [-0.05, 0) is 85.8 Å². The Bertz CT molecular complexity index is 2330. The molecule has 406 valence electrons. The van der Waals surface area contributed by atoms with Crippen molar-refractivity contribution < 1.29 is 41.0 Å². The van der Waals surface area contributed by atoms with Crippen molar-refractivity contribution in [3.8, 4) is 6.07 Å². The van der Waals surface area contributed by atoms with Crippen molar-refractivity contribution in [2.75, 3.05) is 33.0 Å². The van der Waals surface area contributed by atoms with Gasteiger partial charge in [0.1, 0.15) is 23.9 Å². The standard InChI is InChI=1S/C56H83N4O11PSi2/c1-40(2)60(41(3)4)72(65-36-24-33-57)70-52-49(68-54(59-34-32-50(61)58-55(59)62)53(52)69-51-31-22-23-35-63-51)39-67-74(44(9)10,45(11)12)71-73(42(5)6,43(7)8)66-38-37-64-56(46-25-16-13-17-26-46,47-27-18-14-19-28-47)48-29-20-15-21-30-48/h13-21,25-30,32,34,40-45,49,51-54H,22-24,31,35-39H2,1-12H3,(H,58,61,62)/t49-,51?,52-,53-,54-,72?/m1/s1. The van der Waals surface area contributed by atoms with Crippen LogP contribution in [-0.4, -0.2) is 101 Å². The number of hydrogen-bond donors (Lipinski definition) is 1. The highest BCUT2D eigenvalue weighted by Gasteiger charge is 2.58. The van der Waals surface area contributed by atoms with E-state index in [4.69, 9.17) is 41.0 Å². The Balaban J connectivity index is 1.37. The molecule has 0 amide bonds. The van der Waals surface area contributed by atoms with Crippen molar-refractivity contribution in [1.82, 2.24) is 14.2 Å². The van der Waals surface area contributed by atoms with E-state index in [1.54, 1.807) is 0 Å². The molecule has 2 saturated heterocycles. The van der Waals surface area contributed by atoms with Gasteiger partial charge in [-0.25, -0.2) is 9.46 Å². The van der Waals surface area contributed by atoms with Gasteiger partial charge in [0.2, 0.25) is 0 Å². The number of benzene rings is 3. The summed E-state index contributed by atoms with van der Waals surface area (Å²) in [6.07, 6.45) is -0.286. The van der Waals surface area contributed by atoms with E-state index < -0.39 is 73.3 Å². The molecule has 1 aromatic heterocycles. The van der Waals surface area contributed by atoms with Gasteiger partial charge >= 0.3 is 22.8 Å². The van der Waals surface area contributed by atoms with E-state index in [0.29, 0.717) is 13.0 Å². The topological polar surface area (TPSA) is 165 Å². The Kier molecular flexibility index (Phi) is 22.2. The van der Waals surface area contributed by atoms with E-state index in [1.807, 2.05) is 54.6 Å². The fraction of sp³-hybridized carbons (Fsp3) is 0.589. The minimum Gasteiger partial charge on any atom is -0.414 e. The molecule has 2 unspecified atom stereocenters. The largest absolute Gasteiger partial charge is 0.414 e. The summed E-state index contributed by atoms with van der Waals surface area (Å²) in [5, 5.41) is 9.57. The maximum Gasteiger partial charge on any atom is 0.334 e. The van der Waals surface area contributed by atoms with Crippen LogP contribution in [0, 0.1) is 11.3 Å². The van der Waals surface area contributed by atoms with Gasteiger partial charge in [-0.1, -0.05) is 146 Å². The van der Waals surface area contributed by atoms with E-state index >= 15 is 0 Å². The van der Waals surface area contributed by atoms with Gasteiger partial charge in [-0.3, -0.25) is 14.3 Å². The highest BCUT2D eigenvalue weighted by Crippen LogP contribution is 2.52. The first-order valence-electron chi connectivity index (χ1n) is 26.7. The van der Waals surface area contributed by atoms with Gasteiger partial charge < -0.3 is 41.0 Å². The fourth-order valence-corrected chi connectivity index (χ4v) is 23.3. The normalized spacial score (nSPS) is 20.4. The molecule has 15 nitrogen and oxygen atoms in total. The summed E-state index contributed by atoms with van der Waals surface area (Å²) in [6.45, 7) is 26.9. The molecule has 6 rings (SSSR count). The molecular weight excluding hydrogens is 992 g/mol. The monoisotopic (exact) mass is 1070 g/mol. The quantitative estimate of drug-likeness (QED) is 0.0247. The van der Waals surface area contributed by atoms with Crippen molar-refractivity contribution in [2.45, 2.75) is 179 Å². The van der Waals surface area contributed by atoms with Crippen LogP contribution in [-0.2, 0) is 46.6 Å². The molecule has 18 heteroatoms. The second-order valence-corrected chi connectivity index (χ2v) is 31.4. The minimum absolute atomic E-state index is 0.00352. The lowest BCUT2D eigenvalue weighted by Gasteiger charge is -2.48. The molecule has 2 aliphatic rings. The first-order chi connectivity index (χ1) is 35.4. The van der Waals surface area contributed by atoms with E-state index in [2.05, 4.69) is 135 Å². The number of rotatable bonds is 28. The zero-order valence-electron chi connectivity index (χ0n) is 45.8. The molecule has 0 bridgehead atoms. The minimum atomic E-state index is -3.36. The van der Waals surface area contributed by atoms with E-state index in [0.717, 1.165) is 29.5 Å². The van der Waals surface area contributed by atoms with Crippen LogP contribution in [0.3, 0.4) is 0 Å². The lowest BCUT2D eigenvalue weighted by atomic mass is 9.80. The average Bonchev–Trinajstić information content (AvgIpc) is 3.70. The number of H-pyrrole nitrogens is 1. The zero-order valence-corrected chi connectivity index (χ0v) is 48.7. The molecular formula is C56H83N4O11PSi2. The van der Waals surface area contributed by atoms with Gasteiger partial charge in [0.25, 0.3) is 14.1 Å². The Morgan fingerprint density at radius 1 is 0.730 bits per heavy atom. The average molecular weight is 1080 g/mol. The fourth-order valence-electron chi connectivity index (χ4n) is 10.5. The number of nitriles is 1. The van der Waals surface area contributed by atoms with Crippen LogP contribution in [0.15, 0.2) is 113 Å². The molecule has 0 saturated carbocycles. The van der Waals surface area contributed by atoms with Crippen molar-refractivity contribution in [3.63, 3.8) is 0 Å². The molecule has 2 fully saturated rings. The van der Waals surface area contributed by atoms with Crippen molar-refractivity contribution in [3.05, 3.63) is 141 Å². The van der Waals surface area contributed by atoms with Crippen LogP contribution in [0.2, 0.25) is 22.2 Å². The number of nitrogens with one attached hydrogen (secondary N) is 1. The number of ether oxygens (including phenoxy) is 4. The van der Waals surface area contributed by atoms with Gasteiger partial charge in [0.15, 0.2) is 12.5 Å². The molecule has 3 heterocycles. The molecule has 74 heavy (non-hydrogen) atoms. The number of aromatic nitrogens is 2. The molecule has 0 radical (unpaired) electrons. The van der Waals surface area contributed by atoms with Crippen molar-refractivity contribution in [2.24, 2.45) is 0 Å². The summed E-state index contributed by atoms with van der Waals surface area (Å²) in [4.78, 5) is 28.5. The summed E-state index contributed by atoms with van der Waals surface area (Å²) in [5.41, 5.74) is 0.815. The van der Waals surface area contributed by atoms with E-state index in [9.17, 15) is 14.9 Å². The zero-order chi connectivity index (χ0) is 53.6. The Morgan fingerprint density at radius 3 is 1.74 bits per heavy atom. The molecule has 6 atom stereocenters. The molecule has 0 spiro atoms. The Morgan fingerprint density at radius 2 is 1.27 bits per heavy atom. The Labute approximate surface area is 443 Å². The Hall–Kier alpha value is -3.71. The first kappa shape index (κ1) is 59.5. The third kappa shape index (κ3) is 13.9. The molecule has 0 aliphatic carbocycles. The summed E-state index contributed by atoms with van der Waals surface area (Å²) in [7, 11) is -8.43.